The number of guanidine groups is 1. The van der Waals surface area contributed by atoms with Crippen LogP contribution in [0.15, 0.2) is 58.5 Å². The zero-order chi connectivity index (χ0) is 16.3. The second-order valence-electron chi connectivity index (χ2n) is 4.75. The number of hydrogen-bond acceptors (Lipinski definition) is 3. The van der Waals surface area contributed by atoms with Gasteiger partial charge >= 0.3 is 0 Å². The van der Waals surface area contributed by atoms with Crippen LogP contribution in [0.4, 0.5) is 4.39 Å². The highest BCUT2D eigenvalue weighted by atomic mass is 127. The third kappa shape index (κ3) is 7.96. The van der Waals surface area contributed by atoms with Gasteiger partial charge in [0.25, 0.3) is 0 Å². The summed E-state index contributed by atoms with van der Waals surface area (Å²) in [4.78, 5) is 9.83. The molecule has 2 N–H and O–H groups in total. The molecule has 2 aromatic rings. The molecule has 0 fully saturated rings. The number of halogens is 2. The summed E-state index contributed by atoms with van der Waals surface area (Å²) in [6.07, 6.45) is 1.77. The number of pyridine rings is 1. The van der Waals surface area contributed by atoms with E-state index < -0.39 is 0 Å². The first kappa shape index (κ1) is 20.7. The molecule has 0 spiro atoms. The summed E-state index contributed by atoms with van der Waals surface area (Å²) < 4.78 is 12.8. The largest absolute Gasteiger partial charge is 0.357 e. The Hall–Kier alpha value is -1.35. The maximum Gasteiger partial charge on any atom is 0.191 e. The van der Waals surface area contributed by atoms with Gasteiger partial charge in [-0.2, -0.15) is 0 Å². The van der Waals surface area contributed by atoms with Crippen molar-refractivity contribution in [3.8, 4) is 0 Å². The smallest absolute Gasteiger partial charge is 0.191 e. The molecule has 0 atom stereocenters. The molecule has 0 radical (unpaired) electrons. The van der Waals surface area contributed by atoms with Gasteiger partial charge in [0.2, 0.25) is 0 Å². The SMILES string of the molecule is CCNC(=NCc1ccccn1)NCCSc1ccc(F)cc1.I. The Morgan fingerprint density at radius 1 is 1.17 bits per heavy atom. The summed E-state index contributed by atoms with van der Waals surface area (Å²) in [6.45, 7) is 4.15. The Kier molecular flexibility index (Phi) is 10.4. The lowest BCUT2D eigenvalue weighted by Gasteiger charge is -2.11. The molecule has 0 bridgehead atoms. The first-order valence-corrected chi connectivity index (χ1v) is 8.57. The average molecular weight is 460 g/mol. The lowest BCUT2D eigenvalue weighted by molar-refractivity contribution is 0.626. The lowest BCUT2D eigenvalue weighted by Crippen LogP contribution is -2.38. The number of rotatable bonds is 7. The number of aromatic nitrogens is 1. The summed E-state index contributed by atoms with van der Waals surface area (Å²) in [5.74, 6) is 1.45. The quantitative estimate of drug-likeness (QED) is 0.218. The molecule has 0 amide bonds. The van der Waals surface area contributed by atoms with Crippen molar-refractivity contribution in [1.29, 1.82) is 0 Å². The van der Waals surface area contributed by atoms with Gasteiger partial charge in [0.1, 0.15) is 5.82 Å². The first-order valence-electron chi connectivity index (χ1n) is 7.58. The van der Waals surface area contributed by atoms with Gasteiger partial charge in [-0.15, -0.1) is 35.7 Å². The van der Waals surface area contributed by atoms with Crippen molar-refractivity contribution in [3.63, 3.8) is 0 Å². The topological polar surface area (TPSA) is 49.3 Å². The molecule has 0 unspecified atom stereocenters. The molecule has 0 aliphatic heterocycles. The van der Waals surface area contributed by atoms with Gasteiger partial charge in [-0.25, -0.2) is 9.38 Å². The maximum atomic E-state index is 12.8. The van der Waals surface area contributed by atoms with Crippen molar-refractivity contribution in [2.75, 3.05) is 18.8 Å². The minimum atomic E-state index is -0.205. The third-order valence-electron chi connectivity index (χ3n) is 2.95. The van der Waals surface area contributed by atoms with E-state index in [2.05, 4.69) is 20.6 Å². The molecule has 1 aromatic heterocycles. The van der Waals surface area contributed by atoms with Gasteiger partial charge in [0.15, 0.2) is 5.96 Å². The molecule has 1 aromatic carbocycles. The van der Waals surface area contributed by atoms with Crippen LogP contribution in [0.3, 0.4) is 0 Å². The molecule has 2 rings (SSSR count). The van der Waals surface area contributed by atoms with Crippen molar-refractivity contribution >= 4 is 41.7 Å². The van der Waals surface area contributed by atoms with E-state index in [9.17, 15) is 4.39 Å². The minimum absolute atomic E-state index is 0. The van der Waals surface area contributed by atoms with Crippen LogP contribution < -0.4 is 10.6 Å². The van der Waals surface area contributed by atoms with E-state index in [4.69, 9.17) is 0 Å². The molecule has 0 aliphatic rings. The highest BCUT2D eigenvalue weighted by Crippen LogP contribution is 2.17. The fourth-order valence-corrected chi connectivity index (χ4v) is 2.63. The highest BCUT2D eigenvalue weighted by molar-refractivity contribution is 14.0. The second-order valence-corrected chi connectivity index (χ2v) is 5.91. The van der Waals surface area contributed by atoms with Crippen LogP contribution >= 0.6 is 35.7 Å². The van der Waals surface area contributed by atoms with Crippen LogP contribution in [0.25, 0.3) is 0 Å². The van der Waals surface area contributed by atoms with E-state index in [1.165, 1.54) is 12.1 Å². The highest BCUT2D eigenvalue weighted by Gasteiger charge is 1.99. The van der Waals surface area contributed by atoms with Crippen molar-refractivity contribution in [1.82, 2.24) is 15.6 Å². The predicted molar refractivity (Wildman–Crippen MR) is 110 cm³/mol. The maximum absolute atomic E-state index is 12.8. The number of thioether (sulfide) groups is 1. The molecule has 7 heteroatoms. The second kappa shape index (κ2) is 12.1. The number of nitrogens with zero attached hydrogens (tertiary/aromatic N) is 2. The summed E-state index contributed by atoms with van der Waals surface area (Å²) in [6, 6.07) is 12.3. The standard InChI is InChI=1S/C17H21FN4S.HI/c1-2-19-17(22-13-15-5-3-4-10-20-15)21-11-12-23-16-8-6-14(18)7-9-16;/h3-10H,2,11-13H2,1H3,(H2,19,21,22);1H. The van der Waals surface area contributed by atoms with Gasteiger partial charge in [0.05, 0.1) is 12.2 Å². The average Bonchev–Trinajstić information content (AvgIpc) is 2.59. The fourth-order valence-electron chi connectivity index (χ4n) is 1.86. The van der Waals surface area contributed by atoms with Crippen LogP contribution in [0.2, 0.25) is 0 Å². The number of hydrogen-bond donors (Lipinski definition) is 2. The fraction of sp³-hybridized carbons (Fsp3) is 0.294. The molecule has 130 valence electrons. The number of nitrogens with one attached hydrogen (secondary N) is 2. The van der Waals surface area contributed by atoms with Gasteiger partial charge in [0, 0.05) is 29.9 Å². The van der Waals surface area contributed by atoms with Crippen LogP contribution in [-0.4, -0.2) is 29.8 Å². The minimum Gasteiger partial charge on any atom is -0.357 e. The van der Waals surface area contributed by atoms with Gasteiger partial charge in [-0.05, 0) is 43.3 Å². The molecular weight excluding hydrogens is 438 g/mol. The Balaban J connectivity index is 0.00000288. The molecular formula is C17H22FIN4S. The van der Waals surface area contributed by atoms with Crippen molar-refractivity contribution < 1.29 is 4.39 Å². The van der Waals surface area contributed by atoms with Gasteiger partial charge in [-0.1, -0.05) is 6.07 Å². The Morgan fingerprint density at radius 3 is 2.62 bits per heavy atom. The zero-order valence-corrected chi connectivity index (χ0v) is 16.7. The van der Waals surface area contributed by atoms with Gasteiger partial charge in [-0.3, -0.25) is 4.98 Å². The van der Waals surface area contributed by atoms with Crippen molar-refractivity contribution in [3.05, 3.63) is 60.2 Å². The molecule has 24 heavy (non-hydrogen) atoms. The number of benzene rings is 1. The Bertz CT molecular complexity index is 608. The summed E-state index contributed by atoms with van der Waals surface area (Å²) >= 11 is 1.68. The lowest BCUT2D eigenvalue weighted by atomic mass is 10.3. The molecule has 1 heterocycles. The summed E-state index contributed by atoms with van der Waals surface area (Å²) in [7, 11) is 0. The Morgan fingerprint density at radius 2 is 1.96 bits per heavy atom. The normalized spacial score (nSPS) is 10.8. The van der Waals surface area contributed by atoms with E-state index in [1.54, 1.807) is 30.1 Å². The van der Waals surface area contributed by atoms with Crippen LogP contribution in [0.1, 0.15) is 12.6 Å². The van der Waals surface area contributed by atoms with Crippen molar-refractivity contribution in [2.24, 2.45) is 4.99 Å². The first-order chi connectivity index (χ1) is 11.3. The van der Waals surface area contributed by atoms with Gasteiger partial charge < -0.3 is 10.6 Å². The van der Waals surface area contributed by atoms with E-state index in [0.717, 1.165) is 35.4 Å². The summed E-state index contributed by atoms with van der Waals surface area (Å²) in [5.41, 5.74) is 0.936. The van der Waals surface area contributed by atoms with Crippen LogP contribution in [0, 0.1) is 5.82 Å². The van der Waals surface area contributed by atoms with Crippen molar-refractivity contribution in [2.45, 2.75) is 18.4 Å². The van der Waals surface area contributed by atoms with E-state index in [1.807, 2.05) is 25.1 Å². The van der Waals surface area contributed by atoms with Crippen LogP contribution in [-0.2, 0) is 6.54 Å². The Labute approximate surface area is 163 Å². The van der Waals surface area contributed by atoms with Crippen LogP contribution in [0.5, 0.6) is 0 Å². The molecule has 0 saturated heterocycles. The number of aliphatic imine (C=N–C) groups is 1. The third-order valence-corrected chi connectivity index (χ3v) is 3.96. The molecule has 0 saturated carbocycles. The zero-order valence-electron chi connectivity index (χ0n) is 13.5. The van der Waals surface area contributed by atoms with E-state index >= 15 is 0 Å². The monoisotopic (exact) mass is 460 g/mol. The van der Waals surface area contributed by atoms with E-state index in [0.29, 0.717) is 6.54 Å². The van der Waals surface area contributed by atoms with E-state index in [-0.39, 0.29) is 29.8 Å². The molecule has 0 aliphatic carbocycles. The summed E-state index contributed by atoms with van der Waals surface area (Å²) in [5, 5.41) is 6.50. The predicted octanol–water partition coefficient (Wildman–Crippen LogP) is 3.69. The molecule has 4 nitrogen and oxygen atoms in total.